The first kappa shape index (κ1) is 21.6. The van der Waals surface area contributed by atoms with Gasteiger partial charge in [0.05, 0.1) is 0 Å². The topological polar surface area (TPSA) is 37.3 Å². The van der Waals surface area contributed by atoms with Gasteiger partial charge in [0.25, 0.3) is 0 Å². The fraction of sp³-hybridized carbons (Fsp3) is 0.889. The van der Waals surface area contributed by atoms with Crippen LogP contribution in [0.25, 0.3) is 0 Å². The number of allylic oxidation sites excluding steroid dienone is 2. The molecular formula is C27H44O2. The summed E-state index contributed by atoms with van der Waals surface area (Å²) in [5, 5.41) is 9.31. The van der Waals surface area contributed by atoms with Crippen LogP contribution in [-0.2, 0) is 4.79 Å². The summed E-state index contributed by atoms with van der Waals surface area (Å²) in [6, 6.07) is 0. The van der Waals surface area contributed by atoms with Gasteiger partial charge in [-0.2, -0.15) is 0 Å². The highest BCUT2D eigenvalue weighted by Gasteiger charge is 2.58. The van der Waals surface area contributed by atoms with Crippen molar-refractivity contribution in [2.24, 2.45) is 46.3 Å². The van der Waals surface area contributed by atoms with Gasteiger partial charge >= 0.3 is 0 Å². The zero-order valence-corrected chi connectivity index (χ0v) is 19.4. The van der Waals surface area contributed by atoms with Crippen LogP contribution in [0.15, 0.2) is 11.6 Å². The number of carbonyl (C=O) groups is 1. The van der Waals surface area contributed by atoms with E-state index in [9.17, 15) is 9.90 Å². The van der Waals surface area contributed by atoms with Gasteiger partial charge in [-0.05, 0) is 91.3 Å². The summed E-state index contributed by atoms with van der Waals surface area (Å²) in [5.41, 5.74) is 2.68. The molecule has 4 aliphatic rings. The molecule has 1 N–H and O–H groups in total. The first-order valence-electron chi connectivity index (χ1n) is 12.6. The molecule has 2 heteroatoms. The zero-order chi connectivity index (χ0) is 20.8. The minimum absolute atomic E-state index is 0.332. The Hall–Kier alpha value is -0.630. The van der Waals surface area contributed by atoms with Gasteiger partial charge in [-0.1, -0.05) is 52.2 Å². The van der Waals surface area contributed by atoms with E-state index < -0.39 is 0 Å². The van der Waals surface area contributed by atoms with Crippen LogP contribution in [0.4, 0.5) is 0 Å². The second-order valence-corrected chi connectivity index (χ2v) is 11.9. The van der Waals surface area contributed by atoms with Gasteiger partial charge in [-0.15, -0.1) is 0 Å². The smallest absolute Gasteiger partial charge is 0.133 e. The first-order chi connectivity index (χ1) is 13.8. The summed E-state index contributed by atoms with van der Waals surface area (Å²) in [5.74, 6) is 4.76. The van der Waals surface area contributed by atoms with E-state index in [0.717, 1.165) is 49.4 Å². The average Bonchev–Trinajstić information content (AvgIpc) is 3.05. The molecule has 0 aromatic rings. The molecule has 2 nitrogen and oxygen atoms in total. The van der Waals surface area contributed by atoms with Crippen molar-refractivity contribution in [3.63, 3.8) is 0 Å². The number of aliphatic hydroxyl groups excluding tert-OH is 1. The Balaban J connectivity index is 1.47. The fourth-order valence-electron chi connectivity index (χ4n) is 8.36. The molecule has 3 fully saturated rings. The largest absolute Gasteiger partial charge is 0.396 e. The summed E-state index contributed by atoms with van der Waals surface area (Å²) in [6.45, 7) is 10.2. The molecular weight excluding hydrogens is 356 g/mol. The van der Waals surface area contributed by atoms with Crippen LogP contribution in [0.5, 0.6) is 0 Å². The Kier molecular flexibility index (Phi) is 6.06. The summed E-state index contributed by atoms with van der Waals surface area (Å²) in [6.07, 6.45) is 15.8. The van der Waals surface area contributed by atoms with E-state index >= 15 is 0 Å². The predicted molar refractivity (Wildman–Crippen MR) is 119 cm³/mol. The molecule has 3 saturated carbocycles. The third kappa shape index (κ3) is 3.66. The quantitative estimate of drug-likeness (QED) is 0.512. The number of hydrogen-bond donors (Lipinski definition) is 1. The molecule has 4 unspecified atom stereocenters. The highest BCUT2D eigenvalue weighted by molar-refractivity contribution is 5.79. The summed E-state index contributed by atoms with van der Waals surface area (Å²) in [4.78, 5) is 12.1. The Morgan fingerprint density at radius 3 is 2.59 bits per heavy atom. The SMILES string of the molecule is CC(CO)CCC[C@@H](C)C1CCC2C3=CC[C@H]4CC(=O)CC[C@]4(C)C3CC[C@@]21C. The van der Waals surface area contributed by atoms with Gasteiger partial charge in [-0.25, -0.2) is 0 Å². The van der Waals surface area contributed by atoms with Crippen LogP contribution in [0.1, 0.15) is 98.3 Å². The van der Waals surface area contributed by atoms with Crippen molar-refractivity contribution in [2.45, 2.75) is 98.3 Å². The summed E-state index contributed by atoms with van der Waals surface area (Å²) in [7, 11) is 0. The normalized spacial score (nSPS) is 43.8. The second-order valence-electron chi connectivity index (χ2n) is 11.9. The minimum atomic E-state index is 0.332. The monoisotopic (exact) mass is 400 g/mol. The second kappa shape index (κ2) is 8.13. The Morgan fingerprint density at radius 1 is 1.07 bits per heavy atom. The molecule has 0 heterocycles. The number of aliphatic hydroxyl groups is 1. The van der Waals surface area contributed by atoms with Crippen molar-refractivity contribution in [1.82, 2.24) is 0 Å². The molecule has 8 atom stereocenters. The third-order valence-electron chi connectivity index (χ3n) is 10.3. The number of carbonyl (C=O) groups excluding carboxylic acids is 1. The number of hydrogen-bond acceptors (Lipinski definition) is 2. The molecule has 0 aliphatic heterocycles. The third-order valence-corrected chi connectivity index (χ3v) is 10.3. The summed E-state index contributed by atoms with van der Waals surface area (Å²) >= 11 is 0. The molecule has 0 amide bonds. The van der Waals surface area contributed by atoms with Crippen LogP contribution >= 0.6 is 0 Å². The highest BCUT2D eigenvalue weighted by Crippen LogP contribution is 2.66. The van der Waals surface area contributed by atoms with E-state index in [0.29, 0.717) is 35.1 Å². The molecule has 0 aromatic heterocycles. The maximum absolute atomic E-state index is 12.1. The summed E-state index contributed by atoms with van der Waals surface area (Å²) < 4.78 is 0. The van der Waals surface area contributed by atoms with Gasteiger partial charge in [0, 0.05) is 19.4 Å². The maximum Gasteiger partial charge on any atom is 0.133 e. The average molecular weight is 401 g/mol. The molecule has 29 heavy (non-hydrogen) atoms. The first-order valence-corrected chi connectivity index (χ1v) is 12.6. The van der Waals surface area contributed by atoms with E-state index in [1.807, 2.05) is 5.57 Å². The Labute approximate surface area is 178 Å². The van der Waals surface area contributed by atoms with Crippen molar-refractivity contribution in [3.05, 3.63) is 11.6 Å². The lowest BCUT2D eigenvalue weighted by molar-refractivity contribution is -0.127. The van der Waals surface area contributed by atoms with Gasteiger partial charge in [-0.3, -0.25) is 4.79 Å². The van der Waals surface area contributed by atoms with E-state index in [-0.39, 0.29) is 0 Å². The van der Waals surface area contributed by atoms with Crippen molar-refractivity contribution >= 4 is 5.78 Å². The molecule has 0 aromatic carbocycles. The van der Waals surface area contributed by atoms with Crippen molar-refractivity contribution < 1.29 is 9.90 Å². The lowest BCUT2D eigenvalue weighted by Crippen LogP contribution is -2.49. The number of ketones is 1. The van der Waals surface area contributed by atoms with Crippen LogP contribution < -0.4 is 0 Å². The van der Waals surface area contributed by atoms with E-state index in [2.05, 4.69) is 33.8 Å². The molecule has 0 radical (unpaired) electrons. The minimum Gasteiger partial charge on any atom is -0.396 e. The van der Waals surface area contributed by atoms with Crippen LogP contribution in [0, 0.1) is 46.3 Å². The highest BCUT2D eigenvalue weighted by atomic mass is 16.3. The van der Waals surface area contributed by atoms with Crippen molar-refractivity contribution in [3.8, 4) is 0 Å². The van der Waals surface area contributed by atoms with E-state index in [1.165, 1.54) is 44.9 Å². The van der Waals surface area contributed by atoms with Crippen molar-refractivity contribution in [1.29, 1.82) is 0 Å². The zero-order valence-electron chi connectivity index (χ0n) is 19.4. The fourth-order valence-corrected chi connectivity index (χ4v) is 8.36. The molecule has 164 valence electrons. The number of fused-ring (bicyclic) bond motifs is 5. The Morgan fingerprint density at radius 2 is 1.83 bits per heavy atom. The molecule has 4 rings (SSSR count). The lowest BCUT2D eigenvalue weighted by Gasteiger charge is -2.57. The van der Waals surface area contributed by atoms with E-state index in [4.69, 9.17) is 0 Å². The van der Waals surface area contributed by atoms with Gasteiger partial charge in [0.1, 0.15) is 5.78 Å². The van der Waals surface area contributed by atoms with E-state index in [1.54, 1.807) is 0 Å². The lowest BCUT2D eigenvalue weighted by atomic mass is 9.47. The number of rotatable bonds is 6. The van der Waals surface area contributed by atoms with Gasteiger partial charge in [0.15, 0.2) is 0 Å². The van der Waals surface area contributed by atoms with Crippen LogP contribution in [0.2, 0.25) is 0 Å². The molecule has 4 aliphatic carbocycles. The molecule has 0 saturated heterocycles. The van der Waals surface area contributed by atoms with Crippen LogP contribution in [-0.4, -0.2) is 17.5 Å². The van der Waals surface area contributed by atoms with Gasteiger partial charge in [0.2, 0.25) is 0 Å². The maximum atomic E-state index is 12.1. The predicted octanol–water partition coefficient (Wildman–Crippen LogP) is 6.57. The Bertz CT molecular complexity index is 651. The van der Waals surface area contributed by atoms with Crippen molar-refractivity contribution in [2.75, 3.05) is 6.61 Å². The van der Waals surface area contributed by atoms with Crippen LogP contribution in [0.3, 0.4) is 0 Å². The standard InChI is InChI=1S/C27H44O2/c1-18(17-28)6-5-7-19(2)23-10-11-24-22-9-8-20-16-21(29)12-14-26(20,3)25(22)13-15-27(23,24)4/h9,18-20,23-25,28H,5-8,10-17H2,1-4H3/t18?,19-,20+,23?,24?,25?,26+,27-/m1/s1. The number of Topliss-reactive ketones (excluding diaryl/α,β-unsaturated/α-hetero) is 1. The molecule has 0 spiro atoms. The van der Waals surface area contributed by atoms with Gasteiger partial charge < -0.3 is 5.11 Å². The molecule has 0 bridgehead atoms.